The number of rotatable bonds is 4. The zero-order valence-corrected chi connectivity index (χ0v) is 9.89. The minimum absolute atomic E-state index is 0.456. The van der Waals surface area contributed by atoms with E-state index in [1.165, 1.54) is 17.0 Å². The van der Waals surface area contributed by atoms with Gasteiger partial charge in [-0.05, 0) is 53.3 Å². The summed E-state index contributed by atoms with van der Waals surface area (Å²) in [6.07, 6.45) is 1.07. The Bertz CT molecular complexity index is 300. The van der Waals surface area contributed by atoms with Crippen LogP contribution in [0.2, 0.25) is 0 Å². The van der Waals surface area contributed by atoms with Crippen LogP contribution < -0.4 is 5.32 Å². The maximum atomic E-state index is 4.55. The summed E-state index contributed by atoms with van der Waals surface area (Å²) in [5.74, 6) is 0. The quantitative estimate of drug-likeness (QED) is 0.794. The van der Waals surface area contributed by atoms with Gasteiger partial charge in [0.1, 0.15) is 0 Å². The van der Waals surface area contributed by atoms with E-state index in [4.69, 9.17) is 0 Å². The number of hydrogen-bond donors (Lipinski definition) is 1. The Hall–Kier alpha value is -0.830. The predicted octanol–water partition coefficient (Wildman–Crippen LogP) is 1.84. The van der Waals surface area contributed by atoms with Crippen molar-refractivity contribution < 1.29 is 0 Å². The van der Waals surface area contributed by atoms with Gasteiger partial charge < -0.3 is 5.32 Å². The molecule has 0 aliphatic rings. The molecule has 0 unspecified atom stereocenters. The van der Waals surface area contributed by atoms with E-state index in [0.29, 0.717) is 6.04 Å². The molecule has 0 amide bonds. The summed E-state index contributed by atoms with van der Waals surface area (Å²) in [5.41, 5.74) is 3.88. The standard InChI is InChI=1S/C11H21N3/c1-8(2)14-10(4)11(6-7-12-5)9(3)13-14/h8,12H,6-7H2,1-5H3. The molecule has 0 aliphatic heterocycles. The van der Waals surface area contributed by atoms with Gasteiger partial charge in [-0.3, -0.25) is 4.68 Å². The Morgan fingerprint density at radius 1 is 1.36 bits per heavy atom. The van der Waals surface area contributed by atoms with Crippen LogP contribution in [0, 0.1) is 13.8 Å². The summed E-state index contributed by atoms with van der Waals surface area (Å²) < 4.78 is 2.11. The Morgan fingerprint density at radius 3 is 2.43 bits per heavy atom. The molecule has 80 valence electrons. The highest BCUT2D eigenvalue weighted by Gasteiger charge is 2.12. The van der Waals surface area contributed by atoms with Crippen LogP contribution in [0.4, 0.5) is 0 Å². The first-order chi connectivity index (χ1) is 6.57. The van der Waals surface area contributed by atoms with Crippen LogP contribution in [0.5, 0.6) is 0 Å². The molecule has 0 aliphatic carbocycles. The maximum absolute atomic E-state index is 4.55. The zero-order valence-electron chi connectivity index (χ0n) is 9.89. The Morgan fingerprint density at radius 2 is 2.00 bits per heavy atom. The van der Waals surface area contributed by atoms with Crippen molar-refractivity contribution in [2.75, 3.05) is 13.6 Å². The Kier molecular flexibility index (Phi) is 3.69. The van der Waals surface area contributed by atoms with Crippen molar-refractivity contribution in [1.29, 1.82) is 0 Å². The summed E-state index contributed by atoms with van der Waals surface area (Å²) in [4.78, 5) is 0. The number of nitrogens with zero attached hydrogens (tertiary/aromatic N) is 2. The van der Waals surface area contributed by atoms with Crippen molar-refractivity contribution in [1.82, 2.24) is 15.1 Å². The van der Waals surface area contributed by atoms with Crippen molar-refractivity contribution in [3.8, 4) is 0 Å². The smallest absolute Gasteiger partial charge is 0.0629 e. The van der Waals surface area contributed by atoms with E-state index in [2.05, 4.69) is 42.8 Å². The normalized spacial score (nSPS) is 11.3. The second kappa shape index (κ2) is 4.60. The fourth-order valence-corrected chi connectivity index (χ4v) is 1.81. The highest BCUT2D eigenvalue weighted by molar-refractivity contribution is 5.25. The second-order valence-corrected chi connectivity index (χ2v) is 4.04. The zero-order chi connectivity index (χ0) is 10.7. The van der Waals surface area contributed by atoms with Crippen LogP contribution in [-0.2, 0) is 6.42 Å². The summed E-state index contributed by atoms with van der Waals surface area (Å²) in [6, 6.07) is 0.456. The fourth-order valence-electron chi connectivity index (χ4n) is 1.81. The van der Waals surface area contributed by atoms with Gasteiger partial charge in [0.2, 0.25) is 0 Å². The molecule has 0 atom stereocenters. The van der Waals surface area contributed by atoms with Crippen molar-refractivity contribution in [2.24, 2.45) is 0 Å². The van der Waals surface area contributed by atoms with E-state index in [1.807, 2.05) is 7.05 Å². The van der Waals surface area contributed by atoms with Gasteiger partial charge in [0, 0.05) is 11.7 Å². The van der Waals surface area contributed by atoms with Crippen LogP contribution in [0.15, 0.2) is 0 Å². The molecule has 0 radical (unpaired) electrons. The molecule has 14 heavy (non-hydrogen) atoms. The topological polar surface area (TPSA) is 29.9 Å². The SMILES string of the molecule is CNCCc1c(C)nn(C(C)C)c1C. The molecule has 1 aromatic heterocycles. The van der Waals surface area contributed by atoms with Gasteiger partial charge in [-0.15, -0.1) is 0 Å². The number of aryl methyl sites for hydroxylation is 1. The number of likely N-dealkylation sites (N-methyl/N-ethyl adjacent to an activating group) is 1. The largest absolute Gasteiger partial charge is 0.319 e. The lowest BCUT2D eigenvalue weighted by atomic mass is 10.1. The molecule has 0 saturated heterocycles. The first-order valence-electron chi connectivity index (χ1n) is 5.27. The number of nitrogens with one attached hydrogen (secondary N) is 1. The first-order valence-corrected chi connectivity index (χ1v) is 5.27. The minimum Gasteiger partial charge on any atom is -0.319 e. The third-order valence-corrected chi connectivity index (χ3v) is 2.59. The van der Waals surface area contributed by atoms with Crippen LogP contribution in [0.1, 0.15) is 36.8 Å². The molecule has 1 heterocycles. The lowest BCUT2D eigenvalue weighted by molar-refractivity contribution is 0.515. The van der Waals surface area contributed by atoms with Crippen LogP contribution in [0.3, 0.4) is 0 Å². The summed E-state index contributed by atoms with van der Waals surface area (Å²) >= 11 is 0. The number of hydrogen-bond acceptors (Lipinski definition) is 2. The Labute approximate surface area is 86.5 Å². The highest BCUT2D eigenvalue weighted by Crippen LogP contribution is 2.17. The third kappa shape index (κ3) is 2.15. The average molecular weight is 195 g/mol. The molecule has 0 aromatic carbocycles. The second-order valence-electron chi connectivity index (χ2n) is 4.04. The van der Waals surface area contributed by atoms with Gasteiger partial charge in [0.25, 0.3) is 0 Å². The molecule has 3 heteroatoms. The van der Waals surface area contributed by atoms with Crippen LogP contribution >= 0.6 is 0 Å². The molecule has 3 nitrogen and oxygen atoms in total. The first kappa shape index (κ1) is 11.2. The van der Waals surface area contributed by atoms with Crippen LogP contribution in [0.25, 0.3) is 0 Å². The molecule has 1 rings (SSSR count). The van der Waals surface area contributed by atoms with Gasteiger partial charge in [-0.25, -0.2) is 0 Å². The van der Waals surface area contributed by atoms with Gasteiger partial charge in [-0.1, -0.05) is 0 Å². The summed E-state index contributed by atoms with van der Waals surface area (Å²) in [7, 11) is 1.98. The fraction of sp³-hybridized carbons (Fsp3) is 0.727. The van der Waals surface area contributed by atoms with Crippen molar-refractivity contribution in [3.63, 3.8) is 0 Å². The van der Waals surface area contributed by atoms with Gasteiger partial charge in [-0.2, -0.15) is 5.10 Å². The molecular weight excluding hydrogens is 174 g/mol. The summed E-state index contributed by atoms with van der Waals surface area (Å²) in [5, 5.41) is 7.72. The molecule has 0 fully saturated rings. The van der Waals surface area contributed by atoms with Crippen molar-refractivity contribution in [2.45, 2.75) is 40.2 Å². The van der Waals surface area contributed by atoms with E-state index in [1.54, 1.807) is 0 Å². The monoisotopic (exact) mass is 195 g/mol. The highest BCUT2D eigenvalue weighted by atomic mass is 15.3. The molecular formula is C11H21N3. The third-order valence-electron chi connectivity index (χ3n) is 2.59. The predicted molar refractivity (Wildman–Crippen MR) is 59.7 cm³/mol. The van der Waals surface area contributed by atoms with E-state index in [-0.39, 0.29) is 0 Å². The van der Waals surface area contributed by atoms with E-state index >= 15 is 0 Å². The van der Waals surface area contributed by atoms with Crippen LogP contribution in [-0.4, -0.2) is 23.4 Å². The van der Waals surface area contributed by atoms with Gasteiger partial charge in [0.15, 0.2) is 0 Å². The van der Waals surface area contributed by atoms with Crippen molar-refractivity contribution >= 4 is 0 Å². The molecule has 1 aromatic rings. The van der Waals surface area contributed by atoms with Gasteiger partial charge in [0.05, 0.1) is 5.69 Å². The van der Waals surface area contributed by atoms with E-state index in [9.17, 15) is 0 Å². The Balaban J connectivity index is 2.93. The number of aromatic nitrogens is 2. The lowest BCUT2D eigenvalue weighted by Crippen LogP contribution is -2.11. The van der Waals surface area contributed by atoms with Crippen molar-refractivity contribution in [3.05, 3.63) is 17.0 Å². The lowest BCUT2D eigenvalue weighted by Gasteiger charge is -2.08. The van der Waals surface area contributed by atoms with E-state index in [0.717, 1.165) is 13.0 Å². The molecule has 0 spiro atoms. The average Bonchev–Trinajstić information content (AvgIpc) is 2.40. The molecule has 1 N–H and O–H groups in total. The maximum Gasteiger partial charge on any atom is 0.0629 e. The molecule has 0 saturated carbocycles. The summed E-state index contributed by atoms with van der Waals surface area (Å²) in [6.45, 7) is 9.61. The van der Waals surface area contributed by atoms with E-state index < -0.39 is 0 Å². The minimum atomic E-state index is 0.456. The molecule has 0 bridgehead atoms. The van der Waals surface area contributed by atoms with Gasteiger partial charge >= 0.3 is 0 Å².